The summed E-state index contributed by atoms with van der Waals surface area (Å²) in [5.41, 5.74) is -0.746. The van der Waals surface area contributed by atoms with E-state index in [2.05, 4.69) is 0 Å². The molecule has 0 aliphatic heterocycles. The van der Waals surface area contributed by atoms with Gasteiger partial charge in [0.25, 0.3) is 5.69 Å². The van der Waals surface area contributed by atoms with Gasteiger partial charge >= 0.3 is 0 Å². The summed E-state index contributed by atoms with van der Waals surface area (Å²) in [6.07, 6.45) is 3.59. The summed E-state index contributed by atoms with van der Waals surface area (Å²) in [6.45, 7) is 0. The molecule has 2 saturated carbocycles. The largest absolute Gasteiger partial charge is 0.486 e. The van der Waals surface area contributed by atoms with E-state index in [0.29, 0.717) is 6.42 Å². The highest BCUT2D eigenvalue weighted by Gasteiger charge is 2.57. The van der Waals surface area contributed by atoms with E-state index in [0.717, 1.165) is 31.7 Å². The minimum absolute atomic E-state index is 0.0145. The summed E-state index contributed by atoms with van der Waals surface area (Å²) >= 11 is 0. The zero-order valence-corrected chi connectivity index (χ0v) is 10.8. The maximum absolute atomic E-state index is 13.8. The molecule has 0 saturated heterocycles. The normalized spacial score (nSPS) is 23.6. The van der Waals surface area contributed by atoms with E-state index in [9.17, 15) is 19.3 Å². The van der Waals surface area contributed by atoms with Crippen LogP contribution in [0.1, 0.15) is 32.1 Å². The van der Waals surface area contributed by atoms with Crippen LogP contribution in [0.2, 0.25) is 0 Å². The Kier molecular flexibility index (Phi) is 2.96. The predicted octanol–water partition coefficient (Wildman–Crippen LogP) is 3.01. The van der Waals surface area contributed by atoms with Gasteiger partial charge in [-0.1, -0.05) is 12.8 Å². The molecule has 2 aliphatic rings. The SMILES string of the molecule is O=C1CC(Oc2ccc([N+](=O)[O-])cc2F)C12CCCC2. The number of nitro benzene ring substituents is 1. The fourth-order valence-electron chi connectivity index (χ4n) is 3.23. The second-order valence-corrected chi connectivity index (χ2v) is 5.47. The Morgan fingerprint density at radius 2 is 2.05 bits per heavy atom. The van der Waals surface area contributed by atoms with Gasteiger partial charge in [0, 0.05) is 12.5 Å². The zero-order valence-electron chi connectivity index (χ0n) is 10.8. The van der Waals surface area contributed by atoms with Gasteiger partial charge in [0.2, 0.25) is 0 Å². The van der Waals surface area contributed by atoms with Crippen LogP contribution in [0.5, 0.6) is 5.75 Å². The van der Waals surface area contributed by atoms with Crippen molar-refractivity contribution in [3.05, 3.63) is 34.1 Å². The van der Waals surface area contributed by atoms with Crippen LogP contribution in [0.3, 0.4) is 0 Å². The molecule has 0 aromatic heterocycles. The lowest BCUT2D eigenvalue weighted by Crippen LogP contribution is -2.55. The number of benzene rings is 1. The predicted molar refractivity (Wildman–Crippen MR) is 68.0 cm³/mol. The first-order chi connectivity index (χ1) is 9.53. The number of halogens is 1. The molecule has 0 amide bonds. The lowest BCUT2D eigenvalue weighted by Gasteiger charge is -2.44. The minimum Gasteiger partial charge on any atom is -0.486 e. The Hall–Kier alpha value is -1.98. The molecule has 0 bridgehead atoms. The third-order valence-corrected chi connectivity index (χ3v) is 4.43. The number of Topliss-reactive ketones (excluding diaryl/α,β-unsaturated/α-hetero) is 1. The quantitative estimate of drug-likeness (QED) is 0.630. The first-order valence-corrected chi connectivity index (χ1v) is 6.67. The molecule has 1 aromatic rings. The van der Waals surface area contributed by atoms with E-state index in [1.807, 2.05) is 0 Å². The topological polar surface area (TPSA) is 69.4 Å². The van der Waals surface area contributed by atoms with Crippen molar-refractivity contribution in [2.45, 2.75) is 38.2 Å². The average molecular weight is 279 g/mol. The summed E-state index contributed by atoms with van der Waals surface area (Å²) in [4.78, 5) is 21.7. The van der Waals surface area contributed by atoms with Crippen LogP contribution in [0.4, 0.5) is 10.1 Å². The molecular formula is C14H14FNO4. The van der Waals surface area contributed by atoms with Gasteiger partial charge in [-0.2, -0.15) is 0 Å². The molecule has 5 nitrogen and oxygen atoms in total. The van der Waals surface area contributed by atoms with Crippen molar-refractivity contribution in [2.75, 3.05) is 0 Å². The lowest BCUT2D eigenvalue weighted by atomic mass is 9.63. The average Bonchev–Trinajstić information content (AvgIpc) is 2.92. The second-order valence-electron chi connectivity index (χ2n) is 5.47. The van der Waals surface area contributed by atoms with Gasteiger partial charge in [-0.3, -0.25) is 14.9 Å². The molecule has 1 atom stereocenters. The van der Waals surface area contributed by atoms with E-state index >= 15 is 0 Å². The number of carbonyl (C=O) groups is 1. The molecule has 2 aliphatic carbocycles. The molecule has 6 heteroatoms. The molecule has 0 radical (unpaired) electrons. The number of non-ortho nitro benzene ring substituents is 1. The number of ether oxygens (including phenoxy) is 1. The molecular weight excluding hydrogens is 265 g/mol. The lowest BCUT2D eigenvalue weighted by molar-refractivity contribution is -0.385. The van der Waals surface area contributed by atoms with E-state index < -0.39 is 16.2 Å². The first kappa shape index (κ1) is 13.0. The van der Waals surface area contributed by atoms with Gasteiger partial charge in [-0.15, -0.1) is 0 Å². The molecule has 0 N–H and O–H groups in total. The third kappa shape index (κ3) is 1.87. The number of nitro groups is 1. The highest BCUT2D eigenvalue weighted by Crippen LogP contribution is 2.52. The summed E-state index contributed by atoms with van der Waals surface area (Å²) in [5, 5.41) is 10.6. The van der Waals surface area contributed by atoms with Crippen molar-refractivity contribution in [1.82, 2.24) is 0 Å². The van der Waals surface area contributed by atoms with E-state index in [1.54, 1.807) is 0 Å². The zero-order chi connectivity index (χ0) is 14.3. The van der Waals surface area contributed by atoms with Crippen molar-refractivity contribution >= 4 is 11.5 Å². The fourth-order valence-corrected chi connectivity index (χ4v) is 3.23. The number of hydrogen-bond donors (Lipinski definition) is 0. The molecule has 1 unspecified atom stereocenters. The third-order valence-electron chi connectivity index (χ3n) is 4.43. The van der Waals surface area contributed by atoms with Crippen molar-refractivity contribution in [3.63, 3.8) is 0 Å². The van der Waals surface area contributed by atoms with Crippen LogP contribution >= 0.6 is 0 Å². The van der Waals surface area contributed by atoms with Crippen molar-refractivity contribution in [1.29, 1.82) is 0 Å². The van der Waals surface area contributed by atoms with Gasteiger partial charge in [0.1, 0.15) is 11.9 Å². The monoisotopic (exact) mass is 279 g/mol. The van der Waals surface area contributed by atoms with Crippen LogP contribution in [-0.4, -0.2) is 16.8 Å². The summed E-state index contributed by atoms with van der Waals surface area (Å²) in [5.74, 6) is -0.576. The maximum Gasteiger partial charge on any atom is 0.272 e. The van der Waals surface area contributed by atoms with Gasteiger partial charge < -0.3 is 4.74 Å². The summed E-state index contributed by atoms with van der Waals surface area (Å²) in [6, 6.07) is 3.32. The van der Waals surface area contributed by atoms with Crippen LogP contribution in [0, 0.1) is 21.3 Å². The van der Waals surface area contributed by atoms with E-state index in [-0.39, 0.29) is 23.3 Å². The number of hydrogen-bond acceptors (Lipinski definition) is 4. The number of carbonyl (C=O) groups excluding carboxylic acids is 1. The van der Waals surface area contributed by atoms with Gasteiger partial charge in [0.15, 0.2) is 11.6 Å². The van der Waals surface area contributed by atoms with E-state index in [1.165, 1.54) is 12.1 Å². The van der Waals surface area contributed by atoms with Crippen LogP contribution in [0.15, 0.2) is 18.2 Å². The Balaban J connectivity index is 1.79. The molecule has 1 aromatic carbocycles. The molecule has 0 heterocycles. The minimum atomic E-state index is -0.758. The van der Waals surface area contributed by atoms with Crippen LogP contribution in [-0.2, 0) is 4.79 Å². The first-order valence-electron chi connectivity index (χ1n) is 6.67. The summed E-state index contributed by atoms with van der Waals surface area (Å²) < 4.78 is 19.4. The second kappa shape index (κ2) is 4.54. The maximum atomic E-state index is 13.8. The van der Waals surface area contributed by atoms with Crippen molar-refractivity contribution in [3.8, 4) is 5.75 Å². The number of nitrogens with zero attached hydrogens (tertiary/aromatic N) is 1. The van der Waals surface area contributed by atoms with Gasteiger partial charge in [-0.25, -0.2) is 4.39 Å². The molecule has 3 rings (SSSR count). The molecule has 1 spiro atoms. The molecule has 20 heavy (non-hydrogen) atoms. The Morgan fingerprint density at radius 3 is 2.60 bits per heavy atom. The van der Waals surface area contributed by atoms with Crippen LogP contribution < -0.4 is 4.74 Å². The van der Waals surface area contributed by atoms with Crippen LogP contribution in [0.25, 0.3) is 0 Å². The standard InChI is InChI=1S/C14H14FNO4/c15-10-7-9(16(18)19)3-4-11(10)20-13-8-12(17)14(13)5-1-2-6-14/h3-4,7,13H,1-2,5-6,8H2. The number of rotatable bonds is 3. The highest BCUT2D eigenvalue weighted by atomic mass is 19.1. The van der Waals surface area contributed by atoms with Crippen molar-refractivity contribution < 1.29 is 18.8 Å². The Morgan fingerprint density at radius 1 is 1.35 bits per heavy atom. The smallest absolute Gasteiger partial charge is 0.272 e. The van der Waals surface area contributed by atoms with Gasteiger partial charge in [-0.05, 0) is 18.9 Å². The van der Waals surface area contributed by atoms with Gasteiger partial charge in [0.05, 0.1) is 16.4 Å². The molecule has 106 valence electrons. The molecule has 2 fully saturated rings. The van der Waals surface area contributed by atoms with E-state index in [4.69, 9.17) is 4.74 Å². The fraction of sp³-hybridized carbons (Fsp3) is 0.500. The number of ketones is 1. The Labute approximate surface area is 114 Å². The summed E-state index contributed by atoms with van der Waals surface area (Å²) in [7, 11) is 0. The Bertz CT molecular complexity index is 581. The van der Waals surface area contributed by atoms with Crippen molar-refractivity contribution in [2.24, 2.45) is 5.41 Å². The highest BCUT2D eigenvalue weighted by molar-refractivity contribution is 5.92.